The van der Waals surface area contributed by atoms with Gasteiger partial charge in [-0.3, -0.25) is 8.99 Å². The zero-order valence-corrected chi connectivity index (χ0v) is 20.2. The van der Waals surface area contributed by atoms with Crippen LogP contribution in [0.1, 0.15) is 37.8 Å². The summed E-state index contributed by atoms with van der Waals surface area (Å²) >= 11 is 0. The van der Waals surface area contributed by atoms with Crippen LogP contribution in [-0.4, -0.2) is 38.0 Å². The Hall–Kier alpha value is -2.38. The van der Waals surface area contributed by atoms with Crippen molar-refractivity contribution in [3.8, 4) is 0 Å². The van der Waals surface area contributed by atoms with E-state index in [0.29, 0.717) is 23.0 Å². The monoisotopic (exact) mass is 455 g/mol. The van der Waals surface area contributed by atoms with Gasteiger partial charge in [0.05, 0.1) is 16.1 Å². The zero-order valence-electron chi connectivity index (χ0n) is 19.4. The molecular weight excluding hydrogens is 422 g/mol. The minimum absolute atomic E-state index is 0.191. The van der Waals surface area contributed by atoms with E-state index in [1.807, 2.05) is 56.8 Å². The van der Waals surface area contributed by atoms with E-state index in [-0.39, 0.29) is 5.92 Å². The molecule has 0 bridgehead atoms. The number of hydrogen-bond acceptors (Lipinski definition) is 4. The van der Waals surface area contributed by atoms with Crippen molar-refractivity contribution in [2.45, 2.75) is 52.0 Å². The number of fused-ring (bicyclic) bond motifs is 1. The quantitative estimate of drug-likeness (QED) is 0.507. The lowest BCUT2D eigenvalue weighted by molar-refractivity contribution is 0.0602. The largest absolute Gasteiger partial charge is 0.381 e. The Morgan fingerprint density at radius 1 is 1.09 bits per heavy atom. The van der Waals surface area contributed by atoms with E-state index in [4.69, 9.17) is 4.74 Å². The summed E-state index contributed by atoms with van der Waals surface area (Å²) in [5.74, 6) is 0.740. The molecule has 0 radical (unpaired) electrons. The number of nitrogens with zero attached hydrogens (tertiary/aromatic N) is 3. The molecule has 1 aromatic heterocycles. The Balaban J connectivity index is 1.67. The van der Waals surface area contributed by atoms with E-state index >= 15 is 0 Å². The summed E-state index contributed by atoms with van der Waals surface area (Å²) in [5, 5.41) is 5.52. The van der Waals surface area contributed by atoms with E-state index in [1.165, 1.54) is 0 Å². The summed E-state index contributed by atoms with van der Waals surface area (Å²) in [6, 6.07) is 11.2. The van der Waals surface area contributed by atoms with Crippen LogP contribution in [0.15, 0.2) is 47.5 Å². The van der Waals surface area contributed by atoms with Crippen molar-refractivity contribution in [1.82, 2.24) is 9.78 Å². The van der Waals surface area contributed by atoms with Crippen molar-refractivity contribution in [2.75, 3.05) is 24.1 Å². The maximum Gasteiger partial charge on any atom is 0.264 e. The predicted molar refractivity (Wildman–Crippen MR) is 129 cm³/mol. The molecule has 0 N–H and O–H groups in total. The first-order valence-corrected chi connectivity index (χ1v) is 12.8. The molecule has 1 fully saturated rings. The predicted octanol–water partition coefficient (Wildman–Crippen LogP) is 4.93. The lowest BCUT2D eigenvalue weighted by Gasteiger charge is -2.27. The Morgan fingerprint density at radius 3 is 2.44 bits per heavy atom. The van der Waals surface area contributed by atoms with Crippen molar-refractivity contribution in [2.24, 2.45) is 11.8 Å². The van der Waals surface area contributed by atoms with Gasteiger partial charge in [0.1, 0.15) is 0 Å². The van der Waals surface area contributed by atoms with Crippen LogP contribution in [-0.2, 0) is 21.3 Å². The molecule has 1 aliphatic rings. The second-order valence-electron chi connectivity index (χ2n) is 9.40. The van der Waals surface area contributed by atoms with Gasteiger partial charge >= 0.3 is 0 Å². The summed E-state index contributed by atoms with van der Waals surface area (Å²) in [6.07, 6.45) is 4.04. The maximum atomic E-state index is 13.7. The molecule has 0 atom stereocenters. The average Bonchev–Trinajstić information content (AvgIpc) is 3.13. The van der Waals surface area contributed by atoms with E-state index in [1.54, 1.807) is 16.4 Å². The first-order chi connectivity index (χ1) is 15.2. The van der Waals surface area contributed by atoms with Gasteiger partial charge in [0, 0.05) is 37.9 Å². The molecule has 2 aromatic carbocycles. The Morgan fingerprint density at radius 2 is 1.78 bits per heavy atom. The first-order valence-electron chi connectivity index (χ1n) is 11.4. The van der Waals surface area contributed by atoms with E-state index in [0.717, 1.165) is 54.6 Å². The first kappa shape index (κ1) is 22.8. The van der Waals surface area contributed by atoms with Crippen LogP contribution in [0.25, 0.3) is 10.9 Å². The summed E-state index contributed by atoms with van der Waals surface area (Å²) in [4.78, 5) is 0.301. The minimum Gasteiger partial charge on any atom is -0.381 e. The number of anilines is 1. The minimum atomic E-state index is -3.71. The highest BCUT2D eigenvalue weighted by Gasteiger charge is 2.27. The molecule has 32 heavy (non-hydrogen) atoms. The van der Waals surface area contributed by atoms with Crippen molar-refractivity contribution in [3.05, 3.63) is 53.7 Å². The molecule has 0 saturated carbocycles. The highest BCUT2D eigenvalue weighted by Crippen LogP contribution is 2.29. The van der Waals surface area contributed by atoms with E-state index < -0.39 is 10.0 Å². The third-order valence-corrected chi connectivity index (χ3v) is 7.71. The SMILES string of the molecule is Cc1cc(C)cc(N(CC(C)C)S(=O)(=O)c2ccc3nn(CC4CCOCC4)cc3c2)c1. The van der Waals surface area contributed by atoms with Crippen LogP contribution in [0.2, 0.25) is 0 Å². The molecule has 3 aromatic rings. The van der Waals surface area contributed by atoms with Crippen LogP contribution in [0.3, 0.4) is 0 Å². The molecule has 172 valence electrons. The van der Waals surface area contributed by atoms with Crippen LogP contribution in [0, 0.1) is 25.7 Å². The van der Waals surface area contributed by atoms with Crippen molar-refractivity contribution in [3.63, 3.8) is 0 Å². The smallest absolute Gasteiger partial charge is 0.264 e. The number of hydrogen-bond donors (Lipinski definition) is 0. The van der Waals surface area contributed by atoms with E-state index in [2.05, 4.69) is 11.2 Å². The number of rotatable bonds is 7. The molecular formula is C25H33N3O3S. The Kier molecular flexibility index (Phi) is 6.58. The standard InChI is InChI=1S/C25H33N3O3S/c1-18(2)15-28(23-12-19(3)11-20(4)13-23)32(29,30)24-5-6-25-22(14-24)17-27(26-25)16-21-7-9-31-10-8-21/h5-6,11-14,17-18,21H,7-10,15-16H2,1-4H3. The second-order valence-corrected chi connectivity index (χ2v) is 11.3. The fourth-order valence-corrected chi connectivity index (χ4v) is 6.05. The number of ether oxygens (including phenoxy) is 1. The number of benzene rings is 2. The third kappa shape index (κ3) is 4.99. The highest BCUT2D eigenvalue weighted by atomic mass is 32.2. The molecule has 1 saturated heterocycles. The average molecular weight is 456 g/mol. The summed E-state index contributed by atoms with van der Waals surface area (Å²) in [7, 11) is -3.71. The number of aryl methyl sites for hydroxylation is 2. The molecule has 0 spiro atoms. The lowest BCUT2D eigenvalue weighted by atomic mass is 10.0. The molecule has 0 amide bonds. The van der Waals surface area contributed by atoms with Crippen molar-refractivity contribution >= 4 is 26.6 Å². The van der Waals surface area contributed by atoms with Gasteiger partial charge in [0.2, 0.25) is 0 Å². The van der Waals surface area contributed by atoms with Crippen LogP contribution >= 0.6 is 0 Å². The topological polar surface area (TPSA) is 64.4 Å². The third-order valence-electron chi connectivity index (χ3n) is 5.92. The highest BCUT2D eigenvalue weighted by molar-refractivity contribution is 7.92. The maximum absolute atomic E-state index is 13.7. The molecule has 2 heterocycles. The molecule has 0 aliphatic carbocycles. The van der Waals surface area contributed by atoms with Gasteiger partial charge in [0.25, 0.3) is 10.0 Å². The van der Waals surface area contributed by atoms with Gasteiger partial charge in [-0.15, -0.1) is 0 Å². The fourth-order valence-electron chi connectivity index (χ4n) is 4.40. The zero-order chi connectivity index (χ0) is 22.9. The van der Waals surface area contributed by atoms with Gasteiger partial charge in [0.15, 0.2) is 0 Å². The molecule has 6 nitrogen and oxygen atoms in total. The number of aromatic nitrogens is 2. The molecule has 1 aliphatic heterocycles. The van der Waals surface area contributed by atoms with Gasteiger partial charge in [-0.1, -0.05) is 19.9 Å². The summed E-state index contributed by atoms with van der Waals surface area (Å²) in [6.45, 7) is 10.9. The summed E-state index contributed by atoms with van der Waals surface area (Å²) in [5.41, 5.74) is 3.63. The van der Waals surface area contributed by atoms with Crippen LogP contribution < -0.4 is 4.31 Å². The fraction of sp³-hybridized carbons (Fsp3) is 0.480. The lowest BCUT2D eigenvalue weighted by Crippen LogP contribution is -2.34. The van der Waals surface area contributed by atoms with Crippen LogP contribution in [0.5, 0.6) is 0 Å². The van der Waals surface area contributed by atoms with Gasteiger partial charge < -0.3 is 4.74 Å². The van der Waals surface area contributed by atoms with Crippen molar-refractivity contribution in [1.29, 1.82) is 0 Å². The Bertz CT molecular complexity index is 1170. The molecule has 4 rings (SSSR count). The normalized spacial score (nSPS) is 15.5. The second kappa shape index (κ2) is 9.24. The van der Waals surface area contributed by atoms with E-state index in [9.17, 15) is 8.42 Å². The van der Waals surface area contributed by atoms with Gasteiger partial charge in [-0.2, -0.15) is 5.10 Å². The van der Waals surface area contributed by atoms with Crippen LogP contribution in [0.4, 0.5) is 5.69 Å². The van der Waals surface area contributed by atoms with Gasteiger partial charge in [-0.25, -0.2) is 8.42 Å². The molecule has 7 heteroatoms. The van der Waals surface area contributed by atoms with Crippen molar-refractivity contribution < 1.29 is 13.2 Å². The van der Waals surface area contributed by atoms with Gasteiger partial charge in [-0.05, 0) is 80.0 Å². The summed E-state index contributed by atoms with van der Waals surface area (Å²) < 4.78 is 36.4. The molecule has 0 unspecified atom stereocenters. The number of sulfonamides is 1. The Labute approximate surface area is 191 Å².